The van der Waals surface area contributed by atoms with Gasteiger partial charge in [-0.3, -0.25) is 0 Å². The van der Waals surface area contributed by atoms with Gasteiger partial charge in [0.25, 0.3) is 10.0 Å². The smallest absolute Gasteiger partial charge is 0.274 e. The molecule has 1 aromatic rings. The minimum atomic E-state index is -3.47. The van der Waals surface area contributed by atoms with Gasteiger partial charge in [0, 0.05) is 12.6 Å². The van der Waals surface area contributed by atoms with Crippen molar-refractivity contribution in [3.63, 3.8) is 0 Å². The molecule has 0 radical (unpaired) electrons. The molecule has 0 spiro atoms. The van der Waals surface area contributed by atoms with E-state index >= 15 is 0 Å². The van der Waals surface area contributed by atoms with Crippen molar-refractivity contribution in [1.29, 1.82) is 0 Å². The molecule has 0 saturated carbocycles. The Bertz CT molecular complexity index is 398. The highest BCUT2D eigenvalue weighted by Gasteiger charge is 2.23. The molecule has 1 saturated heterocycles. The van der Waals surface area contributed by atoms with Gasteiger partial charge in [-0.1, -0.05) is 0 Å². The minimum absolute atomic E-state index is 0. The number of furan rings is 1. The molecule has 0 amide bonds. The molecule has 0 bridgehead atoms. The highest BCUT2D eigenvalue weighted by Crippen LogP contribution is 2.11. The summed E-state index contributed by atoms with van der Waals surface area (Å²) >= 11 is 0. The van der Waals surface area contributed by atoms with Crippen molar-refractivity contribution in [1.82, 2.24) is 10.0 Å². The zero-order valence-corrected chi connectivity index (χ0v) is 10.3. The van der Waals surface area contributed by atoms with Crippen molar-refractivity contribution in [3.8, 4) is 0 Å². The van der Waals surface area contributed by atoms with Gasteiger partial charge in [0.15, 0.2) is 0 Å². The van der Waals surface area contributed by atoms with Crippen LogP contribution in [0.1, 0.15) is 12.8 Å². The lowest BCUT2D eigenvalue weighted by Gasteiger charge is -2.22. The molecule has 5 nitrogen and oxygen atoms in total. The first-order valence-corrected chi connectivity index (χ1v) is 6.43. The molecule has 1 fully saturated rings. The Kier molecular flexibility index (Phi) is 4.79. The maximum Gasteiger partial charge on any atom is 0.274 e. The topological polar surface area (TPSA) is 71.3 Å². The van der Waals surface area contributed by atoms with Gasteiger partial charge < -0.3 is 9.73 Å². The lowest BCUT2D eigenvalue weighted by molar-refractivity contribution is 0.411. The van der Waals surface area contributed by atoms with Crippen molar-refractivity contribution in [2.75, 3.05) is 13.1 Å². The first-order chi connectivity index (χ1) is 7.18. The average Bonchev–Trinajstić information content (AvgIpc) is 2.71. The molecule has 92 valence electrons. The van der Waals surface area contributed by atoms with Crippen molar-refractivity contribution < 1.29 is 12.8 Å². The van der Waals surface area contributed by atoms with E-state index in [0.717, 1.165) is 19.4 Å². The zero-order chi connectivity index (χ0) is 10.7. The normalized spacial score (nSPS) is 21.4. The summed E-state index contributed by atoms with van der Waals surface area (Å²) in [6.45, 7) is 1.64. The molecule has 0 aliphatic carbocycles. The molecule has 7 heteroatoms. The maximum atomic E-state index is 11.7. The van der Waals surface area contributed by atoms with Crippen LogP contribution in [0.3, 0.4) is 0 Å². The van der Waals surface area contributed by atoms with Crippen LogP contribution in [0.15, 0.2) is 27.9 Å². The Balaban J connectivity index is 0.00000128. The molecule has 16 heavy (non-hydrogen) atoms. The van der Waals surface area contributed by atoms with Crippen LogP contribution in [0.4, 0.5) is 0 Å². The van der Waals surface area contributed by atoms with E-state index < -0.39 is 10.0 Å². The van der Waals surface area contributed by atoms with E-state index in [-0.39, 0.29) is 23.5 Å². The fourth-order valence-electron chi connectivity index (χ4n) is 1.65. The van der Waals surface area contributed by atoms with Gasteiger partial charge in [0.2, 0.25) is 5.09 Å². The number of hydrogen-bond donors (Lipinski definition) is 2. The summed E-state index contributed by atoms with van der Waals surface area (Å²) in [5, 5.41) is 3.12. The number of nitrogens with one attached hydrogen (secondary N) is 2. The predicted molar refractivity (Wildman–Crippen MR) is 62.2 cm³/mol. The Labute approximate surface area is 101 Å². The van der Waals surface area contributed by atoms with E-state index in [2.05, 4.69) is 10.0 Å². The van der Waals surface area contributed by atoms with E-state index in [1.807, 2.05) is 0 Å². The Hall–Kier alpha value is -0.560. The van der Waals surface area contributed by atoms with Gasteiger partial charge in [-0.15, -0.1) is 12.4 Å². The second kappa shape index (κ2) is 5.67. The van der Waals surface area contributed by atoms with E-state index in [4.69, 9.17) is 4.42 Å². The van der Waals surface area contributed by atoms with Crippen molar-refractivity contribution in [2.24, 2.45) is 0 Å². The predicted octanol–water partition coefficient (Wildman–Crippen LogP) is 0.732. The Morgan fingerprint density at radius 2 is 2.31 bits per heavy atom. The molecule has 1 atom stereocenters. The SMILES string of the molecule is Cl.O=S(=O)(N[C@@H]1CCCNC1)c1ccco1. The highest BCUT2D eigenvalue weighted by atomic mass is 35.5. The first-order valence-electron chi connectivity index (χ1n) is 4.95. The molecule has 2 heterocycles. The van der Waals surface area contributed by atoms with Crippen LogP contribution in [0.25, 0.3) is 0 Å². The van der Waals surface area contributed by atoms with Crippen LogP contribution in [0, 0.1) is 0 Å². The van der Waals surface area contributed by atoms with Gasteiger partial charge in [0.1, 0.15) is 0 Å². The van der Waals surface area contributed by atoms with Crippen LogP contribution < -0.4 is 10.0 Å². The number of rotatable bonds is 3. The third-order valence-electron chi connectivity index (χ3n) is 2.38. The van der Waals surface area contributed by atoms with Crippen LogP contribution in [0.2, 0.25) is 0 Å². The molecule has 1 aliphatic heterocycles. The summed E-state index contributed by atoms with van der Waals surface area (Å²) < 4.78 is 30.9. The van der Waals surface area contributed by atoms with Crippen molar-refractivity contribution in [2.45, 2.75) is 24.0 Å². The fraction of sp³-hybridized carbons (Fsp3) is 0.556. The summed E-state index contributed by atoms with van der Waals surface area (Å²) in [6, 6.07) is 2.97. The van der Waals surface area contributed by atoms with E-state index in [1.165, 1.54) is 12.3 Å². The van der Waals surface area contributed by atoms with Gasteiger partial charge in [-0.05, 0) is 31.5 Å². The second-order valence-corrected chi connectivity index (χ2v) is 5.24. The molecule has 0 aromatic carbocycles. The third-order valence-corrected chi connectivity index (χ3v) is 3.78. The van der Waals surface area contributed by atoms with Crippen molar-refractivity contribution in [3.05, 3.63) is 18.4 Å². The summed E-state index contributed by atoms with van der Waals surface area (Å²) in [5.41, 5.74) is 0. The quantitative estimate of drug-likeness (QED) is 0.846. The molecular weight excluding hydrogens is 252 g/mol. The van der Waals surface area contributed by atoms with E-state index in [1.54, 1.807) is 6.07 Å². The monoisotopic (exact) mass is 266 g/mol. The van der Waals surface area contributed by atoms with Gasteiger partial charge in [0.05, 0.1) is 6.26 Å². The maximum absolute atomic E-state index is 11.7. The molecule has 2 rings (SSSR count). The van der Waals surface area contributed by atoms with Gasteiger partial charge in [-0.2, -0.15) is 0 Å². The van der Waals surface area contributed by atoms with Crippen LogP contribution in [-0.4, -0.2) is 27.5 Å². The largest absolute Gasteiger partial charge is 0.452 e. The molecular formula is C9H15ClN2O3S. The highest BCUT2D eigenvalue weighted by molar-refractivity contribution is 7.89. The standard InChI is InChI=1S/C9H14N2O3S.ClH/c12-15(13,9-4-2-6-14-9)11-8-3-1-5-10-7-8;/h2,4,6,8,10-11H,1,3,5,7H2;1H/t8-;/m1./s1. The first kappa shape index (κ1) is 13.5. The number of sulfonamides is 1. The Morgan fingerprint density at radius 1 is 1.50 bits per heavy atom. The van der Waals surface area contributed by atoms with Crippen LogP contribution in [-0.2, 0) is 10.0 Å². The number of halogens is 1. The average molecular weight is 267 g/mol. The summed E-state index contributed by atoms with van der Waals surface area (Å²) in [6.07, 6.45) is 3.21. The Morgan fingerprint density at radius 3 is 2.88 bits per heavy atom. The number of hydrogen-bond acceptors (Lipinski definition) is 4. The minimum Gasteiger partial charge on any atom is -0.452 e. The van der Waals surface area contributed by atoms with Gasteiger partial charge in [-0.25, -0.2) is 13.1 Å². The lowest BCUT2D eigenvalue weighted by Crippen LogP contribution is -2.45. The zero-order valence-electron chi connectivity index (χ0n) is 8.68. The van der Waals surface area contributed by atoms with Crippen LogP contribution in [0.5, 0.6) is 0 Å². The fourth-order valence-corrected chi connectivity index (χ4v) is 2.84. The van der Waals surface area contributed by atoms with Crippen molar-refractivity contribution >= 4 is 22.4 Å². The summed E-state index contributed by atoms with van der Waals surface area (Å²) in [4.78, 5) is 0. The van der Waals surface area contributed by atoms with Crippen LogP contribution >= 0.6 is 12.4 Å². The summed E-state index contributed by atoms with van der Waals surface area (Å²) in [5.74, 6) is 0. The summed E-state index contributed by atoms with van der Waals surface area (Å²) in [7, 11) is -3.47. The molecule has 1 aliphatic rings. The lowest BCUT2D eigenvalue weighted by atomic mass is 10.1. The third kappa shape index (κ3) is 3.21. The molecule has 0 unspecified atom stereocenters. The second-order valence-electron chi connectivity index (χ2n) is 3.60. The number of piperidine rings is 1. The van der Waals surface area contributed by atoms with Gasteiger partial charge >= 0.3 is 0 Å². The van der Waals surface area contributed by atoms with E-state index in [9.17, 15) is 8.42 Å². The molecule has 1 aromatic heterocycles. The molecule has 2 N–H and O–H groups in total. The van der Waals surface area contributed by atoms with E-state index in [0.29, 0.717) is 6.54 Å².